The van der Waals surface area contributed by atoms with Gasteiger partial charge >= 0.3 is 0 Å². The molecule has 0 bridgehead atoms. The second kappa shape index (κ2) is 5.32. The van der Waals surface area contributed by atoms with Gasteiger partial charge in [-0.2, -0.15) is 0 Å². The summed E-state index contributed by atoms with van der Waals surface area (Å²) in [5.41, 5.74) is 0.969. The van der Waals surface area contributed by atoms with Crippen LogP contribution in [0.2, 0.25) is 0 Å². The predicted molar refractivity (Wildman–Crippen MR) is 69.6 cm³/mol. The molecule has 0 spiro atoms. The molecule has 0 saturated heterocycles. The third kappa shape index (κ3) is 2.86. The highest BCUT2D eigenvalue weighted by Crippen LogP contribution is 2.18. The van der Waals surface area contributed by atoms with Crippen LogP contribution in [0.3, 0.4) is 0 Å². The molecular formula is C14H19FN2. The maximum atomic E-state index is 13.5. The lowest BCUT2D eigenvalue weighted by molar-refractivity contribution is 0.529. The summed E-state index contributed by atoms with van der Waals surface area (Å²) in [6, 6.07) is 7.06. The van der Waals surface area contributed by atoms with Crippen molar-refractivity contribution in [3.8, 4) is 0 Å². The highest BCUT2D eigenvalue weighted by atomic mass is 19.1. The Morgan fingerprint density at radius 2 is 2.12 bits per heavy atom. The van der Waals surface area contributed by atoms with E-state index in [0.717, 1.165) is 25.2 Å². The van der Waals surface area contributed by atoms with Gasteiger partial charge in [-0.25, -0.2) is 4.39 Å². The number of halogens is 1. The molecule has 92 valence electrons. The number of nitrogens with zero attached hydrogens (tertiary/aromatic N) is 1. The van der Waals surface area contributed by atoms with E-state index in [9.17, 15) is 4.39 Å². The van der Waals surface area contributed by atoms with Gasteiger partial charge in [-0.15, -0.1) is 0 Å². The minimum Gasteiger partial charge on any atom is -0.346 e. The number of aromatic nitrogens is 1. The van der Waals surface area contributed by atoms with Crippen molar-refractivity contribution < 1.29 is 4.39 Å². The lowest BCUT2D eigenvalue weighted by Gasteiger charge is -2.09. The molecule has 0 saturated carbocycles. The van der Waals surface area contributed by atoms with Crippen LogP contribution < -0.4 is 5.32 Å². The number of benzene rings is 1. The van der Waals surface area contributed by atoms with Crippen LogP contribution in [0.4, 0.5) is 4.39 Å². The van der Waals surface area contributed by atoms with Crippen molar-refractivity contribution in [2.45, 2.75) is 20.4 Å². The van der Waals surface area contributed by atoms with E-state index in [1.165, 1.54) is 6.07 Å². The zero-order valence-electron chi connectivity index (χ0n) is 10.4. The van der Waals surface area contributed by atoms with Crippen LogP contribution in [0.1, 0.15) is 13.8 Å². The molecule has 0 radical (unpaired) electrons. The molecule has 0 amide bonds. The predicted octanol–water partition coefficient (Wildman–Crippen LogP) is 3.03. The fraction of sp³-hybridized carbons (Fsp3) is 0.429. The summed E-state index contributed by atoms with van der Waals surface area (Å²) in [5, 5.41) is 4.09. The SMILES string of the molecule is CC(C)CNCCn1ccc2c(F)cccc21. The Labute approximate surface area is 101 Å². The van der Waals surface area contributed by atoms with Crippen LogP contribution in [0.5, 0.6) is 0 Å². The molecule has 1 aromatic carbocycles. The van der Waals surface area contributed by atoms with Crippen LogP contribution in [0.15, 0.2) is 30.5 Å². The highest BCUT2D eigenvalue weighted by Gasteiger charge is 2.04. The summed E-state index contributed by atoms with van der Waals surface area (Å²) >= 11 is 0. The monoisotopic (exact) mass is 234 g/mol. The average molecular weight is 234 g/mol. The Hall–Kier alpha value is -1.35. The van der Waals surface area contributed by atoms with Gasteiger partial charge in [0.05, 0.1) is 5.52 Å². The lowest BCUT2D eigenvalue weighted by atomic mass is 10.2. The first kappa shape index (κ1) is 12.1. The lowest BCUT2D eigenvalue weighted by Crippen LogP contribution is -2.23. The quantitative estimate of drug-likeness (QED) is 0.787. The molecule has 2 aromatic rings. The van der Waals surface area contributed by atoms with E-state index in [0.29, 0.717) is 11.3 Å². The van der Waals surface area contributed by atoms with E-state index in [1.807, 2.05) is 18.3 Å². The number of nitrogens with one attached hydrogen (secondary N) is 1. The van der Waals surface area contributed by atoms with Crippen molar-refractivity contribution in [3.63, 3.8) is 0 Å². The molecule has 0 aliphatic rings. The Balaban J connectivity index is 2.02. The number of hydrogen-bond acceptors (Lipinski definition) is 1. The van der Waals surface area contributed by atoms with Crippen molar-refractivity contribution in [3.05, 3.63) is 36.3 Å². The van der Waals surface area contributed by atoms with Gasteiger partial charge in [-0.3, -0.25) is 0 Å². The second-order valence-electron chi connectivity index (χ2n) is 4.78. The largest absolute Gasteiger partial charge is 0.346 e. The summed E-state index contributed by atoms with van der Waals surface area (Å²) in [5.74, 6) is 0.519. The van der Waals surface area contributed by atoms with Gasteiger partial charge in [-0.05, 0) is 30.7 Å². The van der Waals surface area contributed by atoms with Gasteiger partial charge < -0.3 is 9.88 Å². The molecular weight excluding hydrogens is 215 g/mol. The Kier molecular flexibility index (Phi) is 3.79. The first-order chi connectivity index (χ1) is 8.18. The first-order valence-corrected chi connectivity index (χ1v) is 6.12. The van der Waals surface area contributed by atoms with E-state index in [1.54, 1.807) is 6.07 Å². The van der Waals surface area contributed by atoms with E-state index < -0.39 is 0 Å². The van der Waals surface area contributed by atoms with Gasteiger partial charge in [0.25, 0.3) is 0 Å². The van der Waals surface area contributed by atoms with Crippen LogP contribution in [-0.4, -0.2) is 17.7 Å². The smallest absolute Gasteiger partial charge is 0.132 e. The van der Waals surface area contributed by atoms with Crippen LogP contribution in [-0.2, 0) is 6.54 Å². The molecule has 0 atom stereocenters. The molecule has 1 aromatic heterocycles. The summed E-state index contributed by atoms with van der Waals surface area (Å²) in [7, 11) is 0. The van der Waals surface area contributed by atoms with Gasteiger partial charge in [-0.1, -0.05) is 19.9 Å². The number of rotatable bonds is 5. The third-order valence-electron chi connectivity index (χ3n) is 2.84. The molecule has 0 unspecified atom stereocenters. The maximum Gasteiger partial charge on any atom is 0.132 e. The van der Waals surface area contributed by atoms with Crippen molar-refractivity contribution in [2.24, 2.45) is 5.92 Å². The van der Waals surface area contributed by atoms with Crippen LogP contribution in [0, 0.1) is 11.7 Å². The van der Waals surface area contributed by atoms with Gasteiger partial charge in [0.2, 0.25) is 0 Å². The Morgan fingerprint density at radius 1 is 1.29 bits per heavy atom. The second-order valence-corrected chi connectivity index (χ2v) is 4.78. The minimum absolute atomic E-state index is 0.142. The molecule has 2 nitrogen and oxygen atoms in total. The van der Waals surface area contributed by atoms with Crippen LogP contribution >= 0.6 is 0 Å². The Bertz CT molecular complexity index is 488. The minimum atomic E-state index is -0.142. The molecule has 1 N–H and O–H groups in total. The maximum absolute atomic E-state index is 13.5. The van der Waals surface area contributed by atoms with E-state index >= 15 is 0 Å². The standard InChI is InChI=1S/C14H19FN2/c1-11(2)10-16-7-9-17-8-6-12-13(15)4-3-5-14(12)17/h3-6,8,11,16H,7,9-10H2,1-2H3. The zero-order valence-corrected chi connectivity index (χ0v) is 10.4. The number of fused-ring (bicyclic) bond motifs is 1. The summed E-state index contributed by atoms with van der Waals surface area (Å²) < 4.78 is 15.6. The molecule has 0 aliphatic carbocycles. The fourth-order valence-electron chi connectivity index (χ4n) is 1.97. The van der Waals surface area contributed by atoms with Crippen molar-refractivity contribution in [2.75, 3.05) is 13.1 Å². The molecule has 0 aliphatic heterocycles. The molecule has 0 fully saturated rings. The number of hydrogen-bond donors (Lipinski definition) is 1. The first-order valence-electron chi connectivity index (χ1n) is 6.12. The summed E-state index contributed by atoms with van der Waals surface area (Å²) in [4.78, 5) is 0. The van der Waals surface area contributed by atoms with Gasteiger partial charge in [0, 0.05) is 24.7 Å². The molecule has 17 heavy (non-hydrogen) atoms. The molecule has 2 rings (SSSR count). The van der Waals surface area contributed by atoms with Crippen molar-refractivity contribution in [1.82, 2.24) is 9.88 Å². The Morgan fingerprint density at radius 3 is 2.88 bits per heavy atom. The van der Waals surface area contributed by atoms with E-state index in [2.05, 4.69) is 23.7 Å². The zero-order chi connectivity index (χ0) is 12.3. The van der Waals surface area contributed by atoms with Crippen molar-refractivity contribution >= 4 is 10.9 Å². The molecule has 1 heterocycles. The summed E-state index contributed by atoms with van der Waals surface area (Å²) in [6.07, 6.45) is 1.95. The molecule has 3 heteroatoms. The average Bonchev–Trinajstić information content (AvgIpc) is 2.69. The van der Waals surface area contributed by atoms with Gasteiger partial charge in [0.15, 0.2) is 0 Å². The van der Waals surface area contributed by atoms with Gasteiger partial charge in [0.1, 0.15) is 5.82 Å². The fourth-order valence-corrected chi connectivity index (χ4v) is 1.97. The summed E-state index contributed by atoms with van der Waals surface area (Å²) in [6.45, 7) is 7.19. The highest BCUT2D eigenvalue weighted by molar-refractivity contribution is 5.80. The van der Waals surface area contributed by atoms with E-state index in [-0.39, 0.29) is 5.82 Å². The third-order valence-corrected chi connectivity index (χ3v) is 2.84. The van der Waals surface area contributed by atoms with Crippen molar-refractivity contribution in [1.29, 1.82) is 0 Å². The van der Waals surface area contributed by atoms with Crippen LogP contribution in [0.25, 0.3) is 10.9 Å². The topological polar surface area (TPSA) is 17.0 Å². The normalized spacial score (nSPS) is 11.5. The van der Waals surface area contributed by atoms with E-state index in [4.69, 9.17) is 0 Å².